The highest BCUT2D eigenvalue weighted by molar-refractivity contribution is 6.26. The Labute approximate surface area is 120 Å². The van der Waals surface area contributed by atoms with Crippen LogP contribution in [0.4, 0.5) is 0 Å². The van der Waals surface area contributed by atoms with E-state index in [2.05, 4.69) is 0 Å². The number of Topliss-reactive ketones (excluding diaryl/α,β-unsaturated/α-hetero) is 1. The van der Waals surface area contributed by atoms with E-state index in [4.69, 9.17) is 4.74 Å². The van der Waals surface area contributed by atoms with E-state index < -0.39 is 5.97 Å². The summed E-state index contributed by atoms with van der Waals surface area (Å²) in [6.07, 6.45) is 1.58. The molecule has 3 heteroatoms. The Kier molecular flexibility index (Phi) is 5.44. The lowest BCUT2D eigenvalue weighted by Gasteiger charge is -2.07. The van der Waals surface area contributed by atoms with Crippen LogP contribution in [0, 0.1) is 6.92 Å². The fourth-order valence-electron chi connectivity index (χ4n) is 1.68. The molecular formula is C17H20O3. The minimum atomic E-state index is -0.614. The predicted molar refractivity (Wildman–Crippen MR) is 80.2 cm³/mol. The molecule has 0 aliphatic heterocycles. The number of carbonyl (C=O) groups excluding carboxylic acids is 2. The monoisotopic (exact) mass is 272 g/mol. The van der Waals surface area contributed by atoms with E-state index in [9.17, 15) is 9.59 Å². The highest BCUT2D eigenvalue weighted by atomic mass is 16.5. The van der Waals surface area contributed by atoms with E-state index in [0.29, 0.717) is 5.57 Å². The van der Waals surface area contributed by atoms with Crippen molar-refractivity contribution in [1.29, 1.82) is 0 Å². The SMILES string of the molecule is COC(=O)/C(=C\c1cccc(C)c1)C(=O)C(C)=C(C)C. The summed E-state index contributed by atoms with van der Waals surface area (Å²) in [5.74, 6) is -0.907. The van der Waals surface area contributed by atoms with Crippen molar-refractivity contribution in [3.8, 4) is 0 Å². The average molecular weight is 272 g/mol. The van der Waals surface area contributed by atoms with Crippen molar-refractivity contribution < 1.29 is 14.3 Å². The lowest BCUT2D eigenvalue weighted by Crippen LogP contribution is -2.16. The van der Waals surface area contributed by atoms with Crippen molar-refractivity contribution in [3.63, 3.8) is 0 Å². The van der Waals surface area contributed by atoms with Crippen LogP contribution in [-0.4, -0.2) is 18.9 Å². The van der Waals surface area contributed by atoms with Gasteiger partial charge in [-0.1, -0.05) is 35.4 Å². The summed E-state index contributed by atoms with van der Waals surface area (Å²) in [7, 11) is 1.28. The number of hydrogen-bond donors (Lipinski definition) is 0. The van der Waals surface area contributed by atoms with Crippen molar-refractivity contribution in [2.24, 2.45) is 0 Å². The summed E-state index contributed by atoms with van der Waals surface area (Å²) in [4.78, 5) is 24.2. The quantitative estimate of drug-likeness (QED) is 0.365. The zero-order valence-electron chi connectivity index (χ0n) is 12.6. The zero-order chi connectivity index (χ0) is 15.3. The first-order valence-corrected chi connectivity index (χ1v) is 6.42. The van der Waals surface area contributed by atoms with E-state index in [0.717, 1.165) is 16.7 Å². The molecule has 0 N–H and O–H groups in total. The molecule has 0 atom stereocenters. The van der Waals surface area contributed by atoms with Gasteiger partial charge in [-0.15, -0.1) is 0 Å². The Morgan fingerprint density at radius 3 is 2.30 bits per heavy atom. The van der Waals surface area contributed by atoms with Crippen LogP contribution in [0.15, 0.2) is 41.0 Å². The number of esters is 1. The summed E-state index contributed by atoms with van der Waals surface area (Å²) >= 11 is 0. The van der Waals surface area contributed by atoms with Gasteiger partial charge in [-0.25, -0.2) is 4.79 Å². The molecule has 0 unspecified atom stereocenters. The highest BCUT2D eigenvalue weighted by Gasteiger charge is 2.20. The minimum Gasteiger partial charge on any atom is -0.465 e. The molecule has 0 saturated heterocycles. The molecule has 1 aromatic rings. The highest BCUT2D eigenvalue weighted by Crippen LogP contribution is 2.16. The number of allylic oxidation sites excluding steroid dienone is 2. The number of benzene rings is 1. The van der Waals surface area contributed by atoms with Crippen molar-refractivity contribution in [1.82, 2.24) is 0 Å². The Hall–Kier alpha value is -2.16. The standard InChI is InChI=1S/C17H20O3/c1-11(2)13(4)16(18)15(17(19)20-5)10-14-8-6-7-12(3)9-14/h6-10H,1-5H3/b15-10-. The predicted octanol–water partition coefficient (Wildman–Crippen LogP) is 3.48. The molecule has 3 nitrogen and oxygen atoms in total. The zero-order valence-corrected chi connectivity index (χ0v) is 12.6. The number of methoxy groups -OCH3 is 1. The van der Waals surface area contributed by atoms with Crippen molar-refractivity contribution in [2.75, 3.05) is 7.11 Å². The first-order valence-electron chi connectivity index (χ1n) is 6.42. The molecule has 0 radical (unpaired) electrons. The number of hydrogen-bond acceptors (Lipinski definition) is 3. The lowest BCUT2D eigenvalue weighted by molar-refractivity contribution is -0.137. The molecule has 1 rings (SSSR count). The summed E-state index contributed by atoms with van der Waals surface area (Å²) in [6, 6.07) is 7.60. The number of rotatable bonds is 4. The summed E-state index contributed by atoms with van der Waals surface area (Å²) in [6.45, 7) is 7.35. The number of carbonyl (C=O) groups is 2. The van der Waals surface area contributed by atoms with Crippen LogP contribution in [0.5, 0.6) is 0 Å². The molecule has 0 aliphatic rings. The molecular weight excluding hydrogens is 252 g/mol. The van der Waals surface area contributed by atoms with Gasteiger partial charge in [0.1, 0.15) is 5.57 Å². The van der Waals surface area contributed by atoms with Crippen LogP contribution in [0.2, 0.25) is 0 Å². The van der Waals surface area contributed by atoms with E-state index in [1.54, 1.807) is 13.0 Å². The number of ether oxygens (including phenoxy) is 1. The maximum absolute atomic E-state index is 12.3. The first kappa shape index (κ1) is 15.9. The smallest absolute Gasteiger partial charge is 0.341 e. The van der Waals surface area contributed by atoms with Crippen LogP contribution in [-0.2, 0) is 14.3 Å². The second kappa shape index (κ2) is 6.85. The van der Waals surface area contributed by atoms with Gasteiger partial charge in [0.15, 0.2) is 5.78 Å². The van der Waals surface area contributed by atoms with Gasteiger partial charge in [0, 0.05) is 0 Å². The van der Waals surface area contributed by atoms with Gasteiger partial charge in [0.2, 0.25) is 0 Å². The van der Waals surface area contributed by atoms with E-state index in [-0.39, 0.29) is 11.4 Å². The summed E-state index contributed by atoms with van der Waals surface area (Å²) < 4.78 is 4.72. The molecule has 106 valence electrons. The van der Waals surface area contributed by atoms with Gasteiger partial charge in [-0.3, -0.25) is 4.79 Å². The normalized spacial score (nSPS) is 10.9. The maximum Gasteiger partial charge on any atom is 0.341 e. The van der Waals surface area contributed by atoms with E-state index in [1.165, 1.54) is 7.11 Å². The Morgan fingerprint density at radius 2 is 1.80 bits per heavy atom. The number of aryl methyl sites for hydroxylation is 1. The summed E-state index contributed by atoms with van der Waals surface area (Å²) in [5, 5.41) is 0. The third-order valence-corrected chi connectivity index (χ3v) is 3.09. The van der Waals surface area contributed by atoms with Crippen molar-refractivity contribution >= 4 is 17.8 Å². The Balaban J connectivity index is 3.31. The second-order valence-electron chi connectivity index (χ2n) is 4.92. The molecule has 0 aromatic heterocycles. The van der Waals surface area contributed by atoms with Crippen molar-refractivity contribution in [3.05, 3.63) is 52.1 Å². The minimum absolute atomic E-state index is 0.0526. The fraction of sp³-hybridized carbons (Fsp3) is 0.294. The van der Waals surface area contributed by atoms with Gasteiger partial charge < -0.3 is 4.74 Å². The molecule has 0 fully saturated rings. The summed E-state index contributed by atoms with van der Waals surface area (Å²) in [5.41, 5.74) is 3.37. The molecule has 1 aromatic carbocycles. The van der Waals surface area contributed by atoms with Crippen LogP contribution in [0.1, 0.15) is 31.9 Å². The molecule has 0 aliphatic carbocycles. The molecule has 0 heterocycles. The first-order chi connectivity index (χ1) is 9.36. The third kappa shape index (κ3) is 3.92. The average Bonchev–Trinajstić information content (AvgIpc) is 2.42. The van der Waals surface area contributed by atoms with Gasteiger partial charge >= 0.3 is 5.97 Å². The van der Waals surface area contributed by atoms with Gasteiger partial charge in [0.25, 0.3) is 0 Å². The molecule has 20 heavy (non-hydrogen) atoms. The van der Waals surface area contributed by atoms with Crippen molar-refractivity contribution in [2.45, 2.75) is 27.7 Å². The fourth-order valence-corrected chi connectivity index (χ4v) is 1.68. The van der Waals surface area contributed by atoms with E-state index >= 15 is 0 Å². The third-order valence-electron chi connectivity index (χ3n) is 3.09. The van der Waals surface area contributed by atoms with E-state index in [1.807, 2.05) is 45.0 Å². The van der Waals surface area contributed by atoms with Gasteiger partial charge in [-0.2, -0.15) is 0 Å². The molecule has 0 amide bonds. The van der Waals surface area contributed by atoms with Gasteiger partial charge in [0.05, 0.1) is 7.11 Å². The second-order valence-corrected chi connectivity index (χ2v) is 4.92. The lowest BCUT2D eigenvalue weighted by atomic mass is 9.99. The Bertz CT molecular complexity index is 588. The largest absolute Gasteiger partial charge is 0.465 e. The topological polar surface area (TPSA) is 43.4 Å². The molecule has 0 saturated carbocycles. The molecule has 0 bridgehead atoms. The number of ketones is 1. The van der Waals surface area contributed by atoms with Crippen LogP contribution in [0.25, 0.3) is 6.08 Å². The maximum atomic E-state index is 12.3. The van der Waals surface area contributed by atoms with Crippen LogP contribution in [0.3, 0.4) is 0 Å². The Morgan fingerprint density at radius 1 is 1.15 bits per heavy atom. The van der Waals surface area contributed by atoms with Crippen LogP contribution < -0.4 is 0 Å². The van der Waals surface area contributed by atoms with Gasteiger partial charge in [-0.05, 0) is 44.9 Å². The van der Waals surface area contributed by atoms with Crippen LogP contribution >= 0.6 is 0 Å². The molecule has 0 spiro atoms.